The Morgan fingerprint density at radius 1 is 1.69 bits per heavy atom. The molecule has 0 saturated carbocycles. The number of hydrogen-bond donors (Lipinski definition) is 1. The molecule has 1 rings (SSSR count). The van der Waals surface area contributed by atoms with Crippen molar-refractivity contribution >= 4 is 33.5 Å². The van der Waals surface area contributed by atoms with Gasteiger partial charge in [-0.3, -0.25) is 0 Å². The van der Waals surface area contributed by atoms with Crippen molar-refractivity contribution in [2.24, 2.45) is 0 Å². The van der Waals surface area contributed by atoms with E-state index < -0.39 is 0 Å². The van der Waals surface area contributed by atoms with Crippen molar-refractivity contribution in [3.8, 4) is 0 Å². The normalized spacial score (nSPS) is 12.6. The molecule has 0 saturated heterocycles. The maximum Gasteiger partial charge on any atom is 0.223 e. The molecule has 1 aromatic rings. The van der Waals surface area contributed by atoms with Crippen molar-refractivity contribution in [2.45, 2.75) is 19.9 Å². The number of aromatic nitrogens is 2. The number of aryl methyl sites for hydroxylation is 1. The molecule has 1 aromatic heterocycles. The molecule has 5 heteroatoms. The predicted octanol–water partition coefficient (Wildman–Crippen LogP) is 2.59. The number of nitrogens with zero attached hydrogens (tertiary/aromatic N) is 2. The number of rotatable bonds is 3. The number of nitrogens with one attached hydrogen (secondary N) is 1. The fourth-order valence-corrected chi connectivity index (χ4v) is 1.05. The second-order valence-corrected chi connectivity index (χ2v) is 3.99. The monoisotopic (exact) mass is 263 g/mol. The lowest BCUT2D eigenvalue weighted by molar-refractivity contribution is 0.876. The fraction of sp³-hybridized carbons (Fsp3) is 0.500. The zero-order chi connectivity index (χ0) is 9.84. The molecule has 0 aliphatic rings. The molecule has 0 aliphatic heterocycles. The molecule has 1 unspecified atom stereocenters. The van der Waals surface area contributed by atoms with Crippen molar-refractivity contribution in [1.82, 2.24) is 9.97 Å². The van der Waals surface area contributed by atoms with Crippen molar-refractivity contribution in [1.29, 1.82) is 0 Å². The Hall–Kier alpha value is -0.350. The molecule has 1 atom stereocenters. The quantitative estimate of drug-likeness (QED) is 0.853. The van der Waals surface area contributed by atoms with Crippen LogP contribution in [-0.4, -0.2) is 21.9 Å². The van der Waals surface area contributed by atoms with E-state index in [1.807, 2.05) is 13.8 Å². The largest absolute Gasteiger partial charge is 0.351 e. The molecule has 0 spiro atoms. The van der Waals surface area contributed by atoms with Gasteiger partial charge < -0.3 is 5.32 Å². The molecule has 0 radical (unpaired) electrons. The standard InChI is InChI=1S/C8H11BrClN3/c1-5(3-10)12-8-11-4-7(9)6(2)13-8/h4-5H,3H2,1-2H3,(H,11,12,13). The number of halogens is 2. The van der Waals surface area contributed by atoms with Crippen LogP contribution in [0.15, 0.2) is 10.7 Å². The zero-order valence-electron chi connectivity index (χ0n) is 7.51. The van der Waals surface area contributed by atoms with Gasteiger partial charge in [0.15, 0.2) is 0 Å². The van der Waals surface area contributed by atoms with Gasteiger partial charge in [0.2, 0.25) is 5.95 Å². The molecule has 0 fully saturated rings. The zero-order valence-corrected chi connectivity index (χ0v) is 9.85. The molecule has 0 amide bonds. The Morgan fingerprint density at radius 3 is 2.92 bits per heavy atom. The van der Waals surface area contributed by atoms with Crippen LogP contribution in [0.25, 0.3) is 0 Å². The van der Waals surface area contributed by atoms with Crippen LogP contribution in [0.1, 0.15) is 12.6 Å². The third-order valence-corrected chi connectivity index (χ3v) is 2.77. The molecule has 0 aromatic carbocycles. The van der Waals surface area contributed by atoms with Gasteiger partial charge in [-0.2, -0.15) is 0 Å². The van der Waals surface area contributed by atoms with Crippen LogP contribution >= 0.6 is 27.5 Å². The van der Waals surface area contributed by atoms with E-state index in [2.05, 4.69) is 31.2 Å². The predicted molar refractivity (Wildman–Crippen MR) is 58.3 cm³/mol. The first-order valence-corrected chi connectivity index (χ1v) is 5.28. The topological polar surface area (TPSA) is 37.8 Å². The highest BCUT2D eigenvalue weighted by Crippen LogP contribution is 2.13. The van der Waals surface area contributed by atoms with E-state index in [1.165, 1.54) is 0 Å². The van der Waals surface area contributed by atoms with E-state index in [-0.39, 0.29) is 6.04 Å². The van der Waals surface area contributed by atoms with Crippen LogP contribution in [0.4, 0.5) is 5.95 Å². The summed E-state index contributed by atoms with van der Waals surface area (Å²) < 4.78 is 0.913. The lowest BCUT2D eigenvalue weighted by atomic mass is 10.4. The van der Waals surface area contributed by atoms with Gasteiger partial charge in [-0.15, -0.1) is 11.6 Å². The van der Waals surface area contributed by atoms with Crippen LogP contribution in [0.2, 0.25) is 0 Å². The van der Waals surface area contributed by atoms with Gasteiger partial charge >= 0.3 is 0 Å². The fourth-order valence-electron chi connectivity index (χ4n) is 0.781. The van der Waals surface area contributed by atoms with E-state index in [0.29, 0.717) is 11.8 Å². The minimum absolute atomic E-state index is 0.183. The third kappa shape index (κ3) is 3.12. The molecule has 0 aliphatic carbocycles. The molecular formula is C8H11BrClN3. The maximum absolute atomic E-state index is 5.65. The van der Waals surface area contributed by atoms with Crippen molar-refractivity contribution in [3.05, 3.63) is 16.4 Å². The van der Waals surface area contributed by atoms with Gasteiger partial charge in [0, 0.05) is 18.1 Å². The van der Waals surface area contributed by atoms with Gasteiger partial charge in [-0.1, -0.05) is 0 Å². The summed E-state index contributed by atoms with van der Waals surface area (Å²) in [6.07, 6.45) is 1.73. The number of anilines is 1. The Labute approximate surface area is 91.1 Å². The molecule has 72 valence electrons. The first kappa shape index (κ1) is 10.7. The SMILES string of the molecule is Cc1nc(NC(C)CCl)ncc1Br. The smallest absolute Gasteiger partial charge is 0.223 e. The number of alkyl halides is 1. The van der Waals surface area contributed by atoms with Crippen molar-refractivity contribution in [3.63, 3.8) is 0 Å². The van der Waals surface area contributed by atoms with Gasteiger partial charge in [0.1, 0.15) is 0 Å². The van der Waals surface area contributed by atoms with Crippen LogP contribution in [0.3, 0.4) is 0 Å². The van der Waals surface area contributed by atoms with E-state index in [9.17, 15) is 0 Å². The van der Waals surface area contributed by atoms with Gasteiger partial charge in [-0.25, -0.2) is 9.97 Å². The van der Waals surface area contributed by atoms with E-state index in [1.54, 1.807) is 6.20 Å². The highest BCUT2D eigenvalue weighted by atomic mass is 79.9. The Morgan fingerprint density at radius 2 is 2.38 bits per heavy atom. The van der Waals surface area contributed by atoms with Gasteiger partial charge in [0.05, 0.1) is 10.2 Å². The molecule has 3 nitrogen and oxygen atoms in total. The summed E-state index contributed by atoms with van der Waals surface area (Å²) in [5.74, 6) is 1.16. The minimum atomic E-state index is 0.183. The summed E-state index contributed by atoms with van der Waals surface area (Å²) in [6.45, 7) is 3.90. The molecule has 1 N–H and O–H groups in total. The Bertz CT molecular complexity index is 293. The maximum atomic E-state index is 5.65. The van der Waals surface area contributed by atoms with Gasteiger partial charge in [-0.05, 0) is 29.8 Å². The minimum Gasteiger partial charge on any atom is -0.351 e. The van der Waals surface area contributed by atoms with E-state index >= 15 is 0 Å². The Kier molecular flexibility index (Phi) is 3.93. The second kappa shape index (κ2) is 4.77. The lowest BCUT2D eigenvalue weighted by Gasteiger charge is -2.10. The van der Waals surface area contributed by atoms with Crippen molar-refractivity contribution < 1.29 is 0 Å². The lowest BCUT2D eigenvalue weighted by Crippen LogP contribution is -2.18. The Balaban J connectivity index is 2.73. The van der Waals surface area contributed by atoms with Gasteiger partial charge in [0.25, 0.3) is 0 Å². The van der Waals surface area contributed by atoms with Crippen LogP contribution in [0, 0.1) is 6.92 Å². The first-order valence-electron chi connectivity index (χ1n) is 3.95. The van der Waals surface area contributed by atoms with Crippen molar-refractivity contribution in [2.75, 3.05) is 11.2 Å². The third-order valence-electron chi connectivity index (χ3n) is 1.53. The van der Waals surface area contributed by atoms with E-state index in [4.69, 9.17) is 11.6 Å². The molecule has 1 heterocycles. The second-order valence-electron chi connectivity index (χ2n) is 2.83. The summed E-state index contributed by atoms with van der Waals surface area (Å²) in [7, 11) is 0. The number of hydrogen-bond acceptors (Lipinski definition) is 3. The highest BCUT2D eigenvalue weighted by molar-refractivity contribution is 9.10. The summed E-state index contributed by atoms with van der Waals surface area (Å²) in [5, 5.41) is 3.08. The average Bonchev–Trinajstić information content (AvgIpc) is 2.11. The average molecular weight is 265 g/mol. The van der Waals surface area contributed by atoms with E-state index in [0.717, 1.165) is 10.2 Å². The summed E-state index contributed by atoms with van der Waals surface area (Å²) in [5.41, 5.74) is 0.916. The molecular weight excluding hydrogens is 253 g/mol. The molecule has 13 heavy (non-hydrogen) atoms. The highest BCUT2D eigenvalue weighted by Gasteiger charge is 2.03. The first-order chi connectivity index (χ1) is 6.13. The summed E-state index contributed by atoms with van der Waals surface area (Å²) in [6, 6.07) is 0.183. The molecule has 0 bridgehead atoms. The summed E-state index contributed by atoms with van der Waals surface area (Å²) >= 11 is 8.98. The summed E-state index contributed by atoms with van der Waals surface area (Å²) in [4.78, 5) is 8.33. The van der Waals surface area contributed by atoms with Crippen LogP contribution < -0.4 is 5.32 Å². The van der Waals surface area contributed by atoms with Crippen LogP contribution in [-0.2, 0) is 0 Å². The van der Waals surface area contributed by atoms with Crippen LogP contribution in [0.5, 0.6) is 0 Å².